The number of allylic oxidation sites excluding steroid dienone is 2. The van der Waals surface area contributed by atoms with E-state index in [0.717, 1.165) is 11.5 Å². The van der Waals surface area contributed by atoms with Crippen LogP contribution in [0, 0.1) is 23.7 Å². The molecule has 0 saturated heterocycles. The van der Waals surface area contributed by atoms with Crippen LogP contribution >= 0.6 is 0 Å². The van der Waals surface area contributed by atoms with Crippen molar-refractivity contribution in [3.63, 3.8) is 0 Å². The van der Waals surface area contributed by atoms with Crippen LogP contribution in [0.2, 0.25) is 0 Å². The predicted molar refractivity (Wildman–Crippen MR) is 90.0 cm³/mol. The van der Waals surface area contributed by atoms with Crippen LogP contribution in [0.1, 0.15) is 13.8 Å². The standard InChI is InChI=1S/C11H14O3.C8H10O2/c1-5-6(2)10-9(5)7(12)4-8(14-3)11(10)13;1-9-7-5-3-4-6-8(7)10-2/h4-6,9-10H,1-3H3;3-6H,1-2H3/t5-,6-,9?,10?;/m1./s1. The van der Waals surface area contributed by atoms with Crippen LogP contribution in [0.25, 0.3) is 0 Å². The number of fused-ring (bicyclic) bond motifs is 1. The summed E-state index contributed by atoms with van der Waals surface area (Å²) in [7, 11) is 4.68. The van der Waals surface area contributed by atoms with E-state index in [9.17, 15) is 9.59 Å². The van der Waals surface area contributed by atoms with Gasteiger partial charge in [-0.1, -0.05) is 26.0 Å². The van der Waals surface area contributed by atoms with Crippen molar-refractivity contribution in [2.24, 2.45) is 23.7 Å². The normalized spacial score (nSPS) is 27.8. The molecule has 0 aliphatic heterocycles. The van der Waals surface area contributed by atoms with Crippen LogP contribution in [0.15, 0.2) is 36.1 Å². The van der Waals surface area contributed by atoms with E-state index in [2.05, 4.69) is 0 Å². The van der Waals surface area contributed by atoms with Crippen molar-refractivity contribution in [1.29, 1.82) is 0 Å². The first-order chi connectivity index (χ1) is 11.5. The summed E-state index contributed by atoms with van der Waals surface area (Å²) >= 11 is 0. The summed E-state index contributed by atoms with van der Waals surface area (Å²) in [5.74, 6) is 2.24. The maximum absolute atomic E-state index is 11.8. The molecule has 130 valence electrons. The smallest absolute Gasteiger partial charge is 0.201 e. The molecule has 1 aromatic rings. The number of para-hydroxylation sites is 2. The molecule has 0 N–H and O–H groups in total. The third-order valence-corrected chi connectivity index (χ3v) is 5.01. The molecule has 2 aliphatic rings. The van der Waals surface area contributed by atoms with Crippen molar-refractivity contribution in [2.75, 3.05) is 21.3 Å². The minimum absolute atomic E-state index is 0.00250. The topological polar surface area (TPSA) is 61.8 Å². The number of rotatable bonds is 3. The lowest BCUT2D eigenvalue weighted by Crippen LogP contribution is -2.54. The van der Waals surface area contributed by atoms with Crippen LogP contribution < -0.4 is 9.47 Å². The molecule has 5 nitrogen and oxygen atoms in total. The molecule has 5 heteroatoms. The molecule has 3 rings (SSSR count). The van der Waals surface area contributed by atoms with Crippen molar-refractivity contribution in [3.05, 3.63) is 36.1 Å². The lowest BCUT2D eigenvalue weighted by molar-refractivity contribution is -0.148. The summed E-state index contributed by atoms with van der Waals surface area (Å²) in [5, 5.41) is 0. The summed E-state index contributed by atoms with van der Waals surface area (Å²) < 4.78 is 14.9. The second-order valence-electron chi connectivity index (χ2n) is 6.10. The molecule has 0 amide bonds. The minimum Gasteiger partial charge on any atom is -0.493 e. The zero-order chi connectivity index (χ0) is 17.9. The Bertz CT molecular complexity index is 626. The summed E-state index contributed by atoms with van der Waals surface area (Å²) in [5.41, 5.74) is 0. The Morgan fingerprint density at radius 2 is 1.29 bits per heavy atom. The van der Waals surface area contributed by atoms with E-state index in [-0.39, 0.29) is 29.2 Å². The number of methoxy groups -OCH3 is 3. The number of hydrogen-bond acceptors (Lipinski definition) is 5. The fraction of sp³-hybridized carbons (Fsp3) is 0.474. The lowest BCUT2D eigenvalue weighted by atomic mass is 9.53. The number of ether oxygens (including phenoxy) is 3. The number of hydrogen-bond donors (Lipinski definition) is 0. The number of carbonyl (C=O) groups excluding carboxylic acids is 2. The highest BCUT2D eigenvalue weighted by molar-refractivity contribution is 6.10. The molecule has 2 unspecified atom stereocenters. The van der Waals surface area contributed by atoms with Crippen LogP contribution in [-0.2, 0) is 14.3 Å². The Kier molecular flexibility index (Phi) is 5.65. The molecular weight excluding hydrogens is 308 g/mol. The van der Waals surface area contributed by atoms with Crippen molar-refractivity contribution in [1.82, 2.24) is 0 Å². The molecule has 24 heavy (non-hydrogen) atoms. The largest absolute Gasteiger partial charge is 0.493 e. The van der Waals surface area contributed by atoms with Crippen LogP contribution in [0.3, 0.4) is 0 Å². The summed E-state index contributed by atoms with van der Waals surface area (Å²) in [6.45, 7) is 4.05. The van der Waals surface area contributed by atoms with E-state index in [1.54, 1.807) is 14.2 Å². The zero-order valence-electron chi connectivity index (χ0n) is 14.7. The number of carbonyl (C=O) groups is 2. The Labute approximate surface area is 142 Å². The Balaban J connectivity index is 0.000000185. The molecule has 1 saturated carbocycles. The maximum atomic E-state index is 11.8. The second kappa shape index (κ2) is 7.51. The van der Waals surface area contributed by atoms with Gasteiger partial charge in [-0.25, -0.2) is 0 Å². The van der Waals surface area contributed by atoms with Gasteiger partial charge in [0.2, 0.25) is 5.78 Å². The highest BCUT2D eigenvalue weighted by Gasteiger charge is 2.55. The highest BCUT2D eigenvalue weighted by atomic mass is 16.5. The molecular formula is C19H24O5. The van der Waals surface area contributed by atoms with Crippen molar-refractivity contribution in [2.45, 2.75) is 13.8 Å². The Morgan fingerprint density at radius 1 is 0.792 bits per heavy atom. The van der Waals surface area contributed by atoms with E-state index in [0.29, 0.717) is 11.8 Å². The van der Waals surface area contributed by atoms with Gasteiger partial charge in [-0.15, -0.1) is 0 Å². The molecule has 0 heterocycles. The van der Waals surface area contributed by atoms with Crippen LogP contribution in [-0.4, -0.2) is 32.9 Å². The first-order valence-corrected chi connectivity index (χ1v) is 7.97. The summed E-state index contributed by atoms with van der Waals surface area (Å²) in [6.07, 6.45) is 1.35. The number of ketones is 2. The van der Waals surface area contributed by atoms with E-state index < -0.39 is 0 Å². The average Bonchev–Trinajstić information content (AvgIpc) is 2.62. The van der Waals surface area contributed by atoms with Crippen molar-refractivity contribution >= 4 is 11.6 Å². The maximum Gasteiger partial charge on any atom is 0.201 e. The van der Waals surface area contributed by atoms with Gasteiger partial charge in [0.15, 0.2) is 23.0 Å². The first-order valence-electron chi connectivity index (χ1n) is 7.97. The monoisotopic (exact) mass is 332 g/mol. The molecule has 2 aliphatic carbocycles. The van der Waals surface area contributed by atoms with Crippen LogP contribution in [0.4, 0.5) is 0 Å². The molecule has 0 aromatic heterocycles. The van der Waals surface area contributed by atoms with E-state index in [4.69, 9.17) is 14.2 Å². The Morgan fingerprint density at radius 3 is 1.75 bits per heavy atom. The first kappa shape index (κ1) is 18.0. The third-order valence-electron chi connectivity index (χ3n) is 5.01. The van der Waals surface area contributed by atoms with E-state index >= 15 is 0 Å². The van der Waals surface area contributed by atoms with Gasteiger partial charge >= 0.3 is 0 Å². The quantitative estimate of drug-likeness (QED) is 0.852. The van der Waals surface area contributed by atoms with Crippen LogP contribution in [0.5, 0.6) is 11.5 Å². The second-order valence-corrected chi connectivity index (χ2v) is 6.10. The molecule has 1 fully saturated rings. The molecule has 0 radical (unpaired) electrons. The average molecular weight is 332 g/mol. The van der Waals surface area contributed by atoms with Gasteiger partial charge in [-0.3, -0.25) is 9.59 Å². The van der Waals surface area contributed by atoms with Gasteiger partial charge in [0.25, 0.3) is 0 Å². The van der Waals surface area contributed by atoms with Gasteiger partial charge in [0, 0.05) is 17.9 Å². The molecule has 1 aromatic carbocycles. The number of benzene rings is 1. The van der Waals surface area contributed by atoms with E-state index in [1.807, 2.05) is 38.1 Å². The third kappa shape index (κ3) is 3.16. The SMILES string of the molecule is COC1=CC(=O)C2C(C1=O)[C@H](C)[C@H]2C.COc1ccccc1OC. The zero-order valence-corrected chi connectivity index (χ0v) is 14.7. The molecule has 0 bridgehead atoms. The van der Waals surface area contributed by atoms with Gasteiger partial charge in [-0.2, -0.15) is 0 Å². The molecule has 4 atom stereocenters. The number of Topliss-reactive ketones (excluding diaryl/α,β-unsaturated/α-hetero) is 1. The van der Waals surface area contributed by atoms with Crippen molar-refractivity contribution < 1.29 is 23.8 Å². The van der Waals surface area contributed by atoms with Gasteiger partial charge in [0.1, 0.15) is 0 Å². The summed E-state index contributed by atoms with van der Waals surface area (Å²) in [6, 6.07) is 7.53. The highest BCUT2D eigenvalue weighted by Crippen LogP contribution is 2.49. The Hall–Kier alpha value is -2.30. The van der Waals surface area contributed by atoms with Crippen molar-refractivity contribution in [3.8, 4) is 11.5 Å². The lowest BCUT2D eigenvalue weighted by Gasteiger charge is -2.48. The van der Waals surface area contributed by atoms with Gasteiger partial charge in [0.05, 0.1) is 21.3 Å². The minimum atomic E-state index is -0.127. The fourth-order valence-corrected chi connectivity index (χ4v) is 3.41. The van der Waals surface area contributed by atoms with E-state index in [1.165, 1.54) is 13.2 Å². The van der Waals surface area contributed by atoms with Gasteiger partial charge < -0.3 is 14.2 Å². The fourth-order valence-electron chi connectivity index (χ4n) is 3.41. The molecule has 0 spiro atoms. The summed E-state index contributed by atoms with van der Waals surface area (Å²) in [4.78, 5) is 23.4. The van der Waals surface area contributed by atoms with Gasteiger partial charge in [-0.05, 0) is 24.0 Å². The predicted octanol–water partition coefficient (Wildman–Crippen LogP) is 2.89.